The van der Waals surface area contributed by atoms with Crippen LogP contribution in [0.1, 0.15) is 56.9 Å². The average Bonchev–Trinajstić information content (AvgIpc) is 2.70. The second-order valence-electron chi connectivity index (χ2n) is 8.11. The van der Waals surface area contributed by atoms with Crippen molar-refractivity contribution in [2.45, 2.75) is 51.4 Å². The van der Waals surface area contributed by atoms with Crippen LogP contribution < -0.4 is 10.6 Å². The SMILES string of the molecule is N#Cc1cccc(NC(=S)NCCC2CCN(CC3CCCCC3)CC2)c1. The number of anilines is 1. The van der Waals surface area contributed by atoms with E-state index in [9.17, 15) is 0 Å². The predicted molar refractivity (Wildman–Crippen MR) is 116 cm³/mol. The molecule has 2 N–H and O–H groups in total. The van der Waals surface area contributed by atoms with Crippen LogP contribution in [0.15, 0.2) is 24.3 Å². The third kappa shape index (κ3) is 6.79. The van der Waals surface area contributed by atoms with Crippen molar-refractivity contribution < 1.29 is 0 Å². The molecule has 27 heavy (non-hydrogen) atoms. The summed E-state index contributed by atoms with van der Waals surface area (Å²) in [5.74, 6) is 1.77. The van der Waals surface area contributed by atoms with Gasteiger partial charge in [-0.1, -0.05) is 25.3 Å². The molecule has 1 aliphatic carbocycles. The minimum atomic E-state index is 0.639. The zero-order valence-electron chi connectivity index (χ0n) is 16.3. The van der Waals surface area contributed by atoms with E-state index in [1.165, 1.54) is 71.0 Å². The summed E-state index contributed by atoms with van der Waals surface area (Å²) in [6, 6.07) is 9.55. The van der Waals surface area contributed by atoms with Gasteiger partial charge < -0.3 is 15.5 Å². The van der Waals surface area contributed by atoms with Gasteiger partial charge in [0.05, 0.1) is 11.6 Å². The van der Waals surface area contributed by atoms with Crippen LogP contribution in [-0.2, 0) is 0 Å². The summed E-state index contributed by atoms with van der Waals surface area (Å²) >= 11 is 5.38. The lowest BCUT2D eigenvalue weighted by atomic mass is 9.87. The van der Waals surface area contributed by atoms with Crippen LogP contribution in [-0.4, -0.2) is 36.2 Å². The van der Waals surface area contributed by atoms with Gasteiger partial charge in [-0.25, -0.2) is 0 Å². The molecular weight excluding hydrogens is 352 g/mol. The highest BCUT2D eigenvalue weighted by Crippen LogP contribution is 2.27. The summed E-state index contributed by atoms with van der Waals surface area (Å²) in [5.41, 5.74) is 1.50. The Morgan fingerprint density at radius 3 is 2.63 bits per heavy atom. The van der Waals surface area contributed by atoms with E-state index < -0.39 is 0 Å². The molecule has 0 atom stereocenters. The monoisotopic (exact) mass is 384 g/mol. The van der Waals surface area contributed by atoms with Crippen LogP contribution >= 0.6 is 12.2 Å². The zero-order chi connectivity index (χ0) is 18.9. The van der Waals surface area contributed by atoms with Gasteiger partial charge in [-0.05, 0) is 87.4 Å². The van der Waals surface area contributed by atoms with Gasteiger partial charge in [-0.15, -0.1) is 0 Å². The molecule has 146 valence electrons. The second-order valence-corrected chi connectivity index (χ2v) is 8.52. The summed E-state index contributed by atoms with van der Waals surface area (Å²) in [6.45, 7) is 4.79. The molecule has 0 bridgehead atoms. The van der Waals surface area contributed by atoms with Gasteiger partial charge in [0.15, 0.2) is 5.11 Å². The number of benzene rings is 1. The fourth-order valence-electron chi connectivity index (χ4n) is 4.42. The number of rotatable bonds is 6. The summed E-state index contributed by atoms with van der Waals surface area (Å²) < 4.78 is 0. The quantitative estimate of drug-likeness (QED) is 0.706. The van der Waals surface area contributed by atoms with Gasteiger partial charge in [-0.3, -0.25) is 0 Å². The van der Waals surface area contributed by atoms with Crippen molar-refractivity contribution in [3.8, 4) is 6.07 Å². The maximum atomic E-state index is 8.96. The highest BCUT2D eigenvalue weighted by atomic mass is 32.1. The molecule has 1 aliphatic heterocycles. The van der Waals surface area contributed by atoms with Gasteiger partial charge in [0.25, 0.3) is 0 Å². The predicted octanol–water partition coefficient (Wildman–Crippen LogP) is 4.53. The summed E-state index contributed by atoms with van der Waals surface area (Å²) in [4.78, 5) is 2.70. The number of thiocarbonyl (C=S) groups is 1. The molecule has 2 fully saturated rings. The molecule has 1 saturated carbocycles. The van der Waals surface area contributed by atoms with Gasteiger partial charge in [0.2, 0.25) is 0 Å². The van der Waals surface area contributed by atoms with E-state index in [0.717, 1.165) is 24.1 Å². The number of likely N-dealkylation sites (tertiary alicyclic amines) is 1. The Morgan fingerprint density at radius 1 is 1.11 bits per heavy atom. The largest absolute Gasteiger partial charge is 0.362 e. The van der Waals surface area contributed by atoms with Crippen LogP contribution in [0.5, 0.6) is 0 Å². The van der Waals surface area contributed by atoms with Crippen LogP contribution in [0.3, 0.4) is 0 Å². The minimum Gasteiger partial charge on any atom is -0.362 e. The maximum absolute atomic E-state index is 8.96. The number of nitrogens with one attached hydrogen (secondary N) is 2. The first kappa shape index (κ1) is 20.1. The standard InChI is InChI=1S/C22H32N4S/c23-16-20-7-4-8-21(15-20)25-22(27)24-12-9-18-10-13-26(14-11-18)17-19-5-2-1-3-6-19/h4,7-8,15,18-19H,1-3,5-6,9-14,17H2,(H2,24,25,27). The van der Waals surface area contributed by atoms with Crippen LogP contribution in [0, 0.1) is 23.2 Å². The maximum Gasteiger partial charge on any atom is 0.170 e. The van der Waals surface area contributed by atoms with E-state index >= 15 is 0 Å². The van der Waals surface area contributed by atoms with Crippen molar-refractivity contribution in [2.75, 3.05) is 31.5 Å². The Hall–Kier alpha value is -1.64. The van der Waals surface area contributed by atoms with Gasteiger partial charge in [0.1, 0.15) is 0 Å². The molecule has 1 aromatic rings. The fourth-order valence-corrected chi connectivity index (χ4v) is 4.64. The highest BCUT2D eigenvalue weighted by molar-refractivity contribution is 7.80. The molecule has 3 rings (SSSR count). The molecule has 0 radical (unpaired) electrons. The van der Waals surface area contributed by atoms with E-state index in [0.29, 0.717) is 10.7 Å². The molecule has 1 saturated heterocycles. The normalized spacial score (nSPS) is 19.4. The molecular formula is C22H32N4S. The van der Waals surface area contributed by atoms with E-state index in [1.807, 2.05) is 18.2 Å². The molecule has 4 nitrogen and oxygen atoms in total. The number of nitriles is 1. The van der Waals surface area contributed by atoms with Gasteiger partial charge in [-0.2, -0.15) is 5.26 Å². The zero-order valence-corrected chi connectivity index (χ0v) is 17.1. The van der Waals surface area contributed by atoms with E-state index in [-0.39, 0.29) is 0 Å². The molecule has 0 spiro atoms. The van der Waals surface area contributed by atoms with Crippen LogP contribution in [0.2, 0.25) is 0 Å². The van der Waals surface area contributed by atoms with Crippen molar-refractivity contribution in [3.63, 3.8) is 0 Å². The lowest BCUT2D eigenvalue weighted by Crippen LogP contribution is -2.38. The first-order valence-corrected chi connectivity index (χ1v) is 10.9. The number of hydrogen-bond donors (Lipinski definition) is 2. The Kier molecular flexibility index (Phi) is 7.92. The first-order chi connectivity index (χ1) is 13.2. The molecule has 2 aliphatic rings. The lowest BCUT2D eigenvalue weighted by Gasteiger charge is -2.35. The minimum absolute atomic E-state index is 0.639. The van der Waals surface area contributed by atoms with Gasteiger partial charge >= 0.3 is 0 Å². The third-order valence-corrected chi connectivity index (χ3v) is 6.28. The molecule has 0 unspecified atom stereocenters. The Labute approximate surface area is 169 Å². The lowest BCUT2D eigenvalue weighted by molar-refractivity contribution is 0.143. The molecule has 5 heteroatoms. The Bertz CT molecular complexity index is 640. The Morgan fingerprint density at radius 2 is 1.89 bits per heavy atom. The topological polar surface area (TPSA) is 51.1 Å². The van der Waals surface area contributed by atoms with Crippen molar-refractivity contribution in [1.82, 2.24) is 10.2 Å². The second kappa shape index (κ2) is 10.6. The summed E-state index contributed by atoms with van der Waals surface area (Å²) in [5, 5.41) is 16.1. The number of piperidine rings is 1. The van der Waals surface area contributed by atoms with Crippen LogP contribution in [0.25, 0.3) is 0 Å². The Balaban J connectivity index is 1.29. The van der Waals surface area contributed by atoms with E-state index in [1.54, 1.807) is 6.07 Å². The number of hydrogen-bond acceptors (Lipinski definition) is 3. The first-order valence-electron chi connectivity index (χ1n) is 10.5. The van der Waals surface area contributed by atoms with Crippen molar-refractivity contribution in [3.05, 3.63) is 29.8 Å². The van der Waals surface area contributed by atoms with Crippen molar-refractivity contribution in [2.24, 2.45) is 11.8 Å². The van der Waals surface area contributed by atoms with Crippen LogP contribution in [0.4, 0.5) is 5.69 Å². The molecule has 1 aromatic carbocycles. The highest BCUT2D eigenvalue weighted by Gasteiger charge is 2.22. The molecule has 0 aromatic heterocycles. The third-order valence-electron chi connectivity index (χ3n) is 6.04. The fraction of sp³-hybridized carbons (Fsp3) is 0.636. The molecule has 0 amide bonds. The van der Waals surface area contributed by atoms with E-state index in [4.69, 9.17) is 17.5 Å². The summed E-state index contributed by atoms with van der Waals surface area (Å²) in [7, 11) is 0. The van der Waals surface area contributed by atoms with Crippen molar-refractivity contribution >= 4 is 23.0 Å². The summed E-state index contributed by atoms with van der Waals surface area (Å²) in [6.07, 6.45) is 11.1. The van der Waals surface area contributed by atoms with Crippen molar-refractivity contribution in [1.29, 1.82) is 5.26 Å². The van der Waals surface area contributed by atoms with Gasteiger partial charge in [0, 0.05) is 18.8 Å². The number of nitrogens with zero attached hydrogens (tertiary/aromatic N) is 2. The molecule has 1 heterocycles. The average molecular weight is 385 g/mol. The smallest absolute Gasteiger partial charge is 0.170 e. The van der Waals surface area contributed by atoms with E-state index in [2.05, 4.69) is 21.6 Å².